The Hall–Kier alpha value is -2.42. The van der Waals surface area contributed by atoms with Gasteiger partial charge in [0, 0.05) is 23.2 Å². The summed E-state index contributed by atoms with van der Waals surface area (Å²) < 4.78 is 40.2. The van der Waals surface area contributed by atoms with Crippen LogP contribution in [-0.2, 0) is 16.4 Å². The van der Waals surface area contributed by atoms with Crippen molar-refractivity contribution in [3.8, 4) is 11.5 Å². The quantitative estimate of drug-likeness (QED) is 0.307. The number of ether oxygens (including phenoxy) is 2. The number of benzene rings is 2. The van der Waals surface area contributed by atoms with Crippen LogP contribution >= 0.6 is 23.2 Å². The van der Waals surface area contributed by atoms with Gasteiger partial charge in [0.1, 0.15) is 12.4 Å². The first-order chi connectivity index (χ1) is 15.9. The molecule has 1 aromatic heterocycles. The number of halogens is 2. The van der Waals surface area contributed by atoms with Gasteiger partial charge in [-0.05, 0) is 63.6 Å². The number of rotatable bonds is 9. The molecule has 0 unspecified atom stereocenters. The maximum Gasteiger partial charge on any atom is 0.200 e. The van der Waals surface area contributed by atoms with E-state index in [-0.39, 0.29) is 22.9 Å². The lowest BCUT2D eigenvalue weighted by Gasteiger charge is -2.38. The number of hydrogen-bond donors (Lipinski definition) is 0. The minimum absolute atomic E-state index is 0.0603. The Kier molecular flexibility index (Phi) is 8.06. The van der Waals surface area contributed by atoms with Crippen molar-refractivity contribution in [3.63, 3.8) is 0 Å². The van der Waals surface area contributed by atoms with Gasteiger partial charge in [-0.25, -0.2) is 13.4 Å². The van der Waals surface area contributed by atoms with E-state index < -0.39 is 9.84 Å². The summed E-state index contributed by atoms with van der Waals surface area (Å²) in [4.78, 5) is 5.87. The van der Waals surface area contributed by atoms with Crippen molar-refractivity contribution in [2.75, 3.05) is 17.8 Å². The molecule has 0 bridgehead atoms. The summed E-state index contributed by atoms with van der Waals surface area (Å²) in [5.74, 6) is 1.18. The second kappa shape index (κ2) is 10.5. The molecule has 0 aliphatic carbocycles. The molecule has 0 saturated carbocycles. The first kappa shape index (κ1) is 26.2. The number of nitrogens with zero attached hydrogens (tertiary/aromatic N) is 2. The predicted molar refractivity (Wildman–Crippen MR) is 135 cm³/mol. The molecule has 0 amide bonds. The Morgan fingerprint density at radius 1 is 1.03 bits per heavy atom. The number of sulfone groups is 1. The molecule has 0 atom stereocenters. The van der Waals surface area contributed by atoms with E-state index in [0.717, 1.165) is 30.4 Å². The topological polar surface area (TPSA) is 81.9 Å². The second-order valence-corrected chi connectivity index (χ2v) is 11.5. The summed E-state index contributed by atoms with van der Waals surface area (Å²) in [5.41, 5.74) is 1.41. The Labute approximate surface area is 210 Å². The number of oxazole rings is 1. The van der Waals surface area contributed by atoms with Crippen LogP contribution in [0.1, 0.15) is 39.9 Å². The maximum absolute atomic E-state index is 11.8. The summed E-state index contributed by atoms with van der Waals surface area (Å²) in [5, 5.41) is 0.765. The van der Waals surface area contributed by atoms with Crippen LogP contribution in [0.25, 0.3) is 0 Å². The molecule has 0 saturated heterocycles. The van der Waals surface area contributed by atoms with Gasteiger partial charge in [0.05, 0.1) is 16.7 Å². The summed E-state index contributed by atoms with van der Waals surface area (Å²) in [6.45, 7) is 8.73. The average Bonchev–Trinajstić information content (AvgIpc) is 3.21. The molecule has 3 rings (SSSR count). The lowest BCUT2D eigenvalue weighted by molar-refractivity contribution is 0.265. The van der Waals surface area contributed by atoms with E-state index in [0.29, 0.717) is 28.2 Å². The van der Waals surface area contributed by atoms with E-state index in [4.69, 9.17) is 37.1 Å². The molecule has 0 aliphatic heterocycles. The van der Waals surface area contributed by atoms with Crippen molar-refractivity contribution < 1.29 is 22.3 Å². The fourth-order valence-corrected chi connectivity index (χ4v) is 4.78. The highest BCUT2D eigenvalue weighted by molar-refractivity contribution is 7.90. The fraction of sp³-hybridized carbons (Fsp3) is 0.375. The zero-order valence-electron chi connectivity index (χ0n) is 19.8. The molecule has 34 heavy (non-hydrogen) atoms. The molecule has 10 heteroatoms. The highest BCUT2D eigenvalue weighted by Crippen LogP contribution is 2.42. The van der Waals surface area contributed by atoms with Gasteiger partial charge in [-0.3, -0.25) is 0 Å². The van der Waals surface area contributed by atoms with Crippen LogP contribution in [-0.4, -0.2) is 31.8 Å². The van der Waals surface area contributed by atoms with E-state index >= 15 is 0 Å². The van der Waals surface area contributed by atoms with Crippen molar-refractivity contribution in [1.82, 2.24) is 4.98 Å². The molecule has 3 aromatic rings. The SMILES string of the molecule is CCCOc1c(Cl)cc(N(c2ccc(OCc3ocnc3S(C)(=O)=O)cc2)C(C)(C)C)cc1Cl. The van der Waals surface area contributed by atoms with Gasteiger partial charge >= 0.3 is 0 Å². The van der Waals surface area contributed by atoms with Crippen LogP contribution in [0.3, 0.4) is 0 Å². The molecule has 0 spiro atoms. The summed E-state index contributed by atoms with van der Waals surface area (Å²) in [7, 11) is -3.50. The van der Waals surface area contributed by atoms with Gasteiger partial charge in [-0.15, -0.1) is 0 Å². The third kappa shape index (κ3) is 6.17. The molecule has 0 N–H and O–H groups in total. The lowest BCUT2D eigenvalue weighted by atomic mass is 10.0. The van der Waals surface area contributed by atoms with Crippen LogP contribution in [0, 0.1) is 0 Å². The number of hydrogen-bond acceptors (Lipinski definition) is 7. The maximum atomic E-state index is 11.8. The van der Waals surface area contributed by atoms with Gasteiger partial charge in [0.15, 0.2) is 32.8 Å². The highest BCUT2D eigenvalue weighted by atomic mass is 35.5. The zero-order chi connectivity index (χ0) is 25.1. The van der Waals surface area contributed by atoms with Crippen LogP contribution in [0.5, 0.6) is 11.5 Å². The van der Waals surface area contributed by atoms with Crippen molar-refractivity contribution in [2.24, 2.45) is 0 Å². The molecule has 7 nitrogen and oxygen atoms in total. The Balaban J connectivity index is 1.85. The predicted octanol–water partition coefficient (Wildman–Crippen LogP) is 6.69. The number of aromatic nitrogens is 1. The van der Waals surface area contributed by atoms with Crippen LogP contribution in [0.15, 0.2) is 52.2 Å². The van der Waals surface area contributed by atoms with Crippen LogP contribution < -0.4 is 14.4 Å². The monoisotopic (exact) mass is 526 g/mol. The van der Waals surface area contributed by atoms with Crippen LogP contribution in [0.4, 0.5) is 11.4 Å². The van der Waals surface area contributed by atoms with Gasteiger partial charge in [0.2, 0.25) is 0 Å². The molecule has 2 aromatic carbocycles. The minimum atomic E-state index is -3.50. The average molecular weight is 527 g/mol. The number of anilines is 2. The molecule has 0 radical (unpaired) electrons. The first-order valence-electron chi connectivity index (χ1n) is 10.7. The molecule has 1 heterocycles. The fourth-order valence-electron chi connectivity index (χ4n) is 3.44. The van der Waals surface area contributed by atoms with Crippen molar-refractivity contribution in [1.29, 1.82) is 0 Å². The zero-order valence-corrected chi connectivity index (χ0v) is 22.1. The van der Waals surface area contributed by atoms with Gasteiger partial charge < -0.3 is 18.8 Å². The summed E-state index contributed by atoms with van der Waals surface area (Å²) in [6.07, 6.45) is 3.02. The largest absolute Gasteiger partial charge is 0.490 e. The van der Waals surface area contributed by atoms with E-state index in [9.17, 15) is 8.42 Å². The molecule has 0 fully saturated rings. The van der Waals surface area contributed by atoms with E-state index in [2.05, 4.69) is 30.7 Å². The third-order valence-corrected chi connectivity index (χ3v) is 6.38. The lowest BCUT2D eigenvalue weighted by Crippen LogP contribution is -2.37. The Morgan fingerprint density at radius 3 is 2.18 bits per heavy atom. The summed E-state index contributed by atoms with van der Waals surface area (Å²) in [6, 6.07) is 11.1. The standard InChI is InChI=1S/C24H28Cl2N2O5S/c1-6-11-31-22-19(25)12-17(13-20(22)26)28(24(2,3)4)16-7-9-18(10-8-16)32-14-21-23(27-15-33-21)34(5,29)30/h7-10,12-13,15H,6,11,14H2,1-5H3. The van der Waals surface area contributed by atoms with Crippen molar-refractivity contribution in [3.05, 3.63) is 58.6 Å². The van der Waals surface area contributed by atoms with Gasteiger partial charge in [-0.1, -0.05) is 30.1 Å². The van der Waals surface area contributed by atoms with E-state index in [1.165, 1.54) is 0 Å². The molecule has 184 valence electrons. The van der Waals surface area contributed by atoms with Crippen molar-refractivity contribution in [2.45, 2.75) is 51.3 Å². The highest BCUT2D eigenvalue weighted by Gasteiger charge is 2.26. The Morgan fingerprint density at radius 2 is 1.65 bits per heavy atom. The van der Waals surface area contributed by atoms with Gasteiger partial charge in [-0.2, -0.15) is 0 Å². The molecule has 0 aliphatic rings. The van der Waals surface area contributed by atoms with E-state index in [1.807, 2.05) is 31.2 Å². The minimum Gasteiger partial charge on any atom is -0.490 e. The van der Waals surface area contributed by atoms with Crippen molar-refractivity contribution >= 4 is 44.4 Å². The summed E-state index contributed by atoms with van der Waals surface area (Å²) >= 11 is 13.0. The normalized spacial score (nSPS) is 12.0. The Bertz CT molecular complexity index is 1210. The first-order valence-corrected chi connectivity index (χ1v) is 13.3. The smallest absolute Gasteiger partial charge is 0.200 e. The molecular weight excluding hydrogens is 499 g/mol. The van der Waals surface area contributed by atoms with Gasteiger partial charge in [0.25, 0.3) is 0 Å². The van der Waals surface area contributed by atoms with E-state index in [1.54, 1.807) is 12.1 Å². The second-order valence-electron chi connectivity index (χ2n) is 8.73. The molecular formula is C24H28Cl2N2O5S. The van der Waals surface area contributed by atoms with Crippen LogP contribution in [0.2, 0.25) is 10.0 Å². The third-order valence-electron chi connectivity index (χ3n) is 4.78.